The maximum Gasteiger partial charge on any atom is 0.278 e. The minimum atomic E-state index is -3.86. The molecular weight excluding hydrogens is 410 g/mol. The second-order valence-corrected chi connectivity index (χ2v) is 9.48. The zero-order valence-corrected chi connectivity index (χ0v) is 17.9. The van der Waals surface area contributed by atoms with E-state index in [4.69, 9.17) is 10.9 Å². The SMILES string of the molecule is Cc1c[nH+]c(N)c(-c2ccc(CC(=O)N(C)c3nc(C)c(S(N)(=O)=O)s3)cc2)c1. The zero-order chi connectivity index (χ0) is 21.3. The van der Waals surface area contributed by atoms with Gasteiger partial charge in [0.2, 0.25) is 15.9 Å². The summed E-state index contributed by atoms with van der Waals surface area (Å²) in [6, 6.07) is 9.55. The molecule has 3 rings (SSSR count). The number of thiazole rings is 1. The normalized spacial score (nSPS) is 11.4. The third-order valence-electron chi connectivity index (χ3n) is 4.40. The van der Waals surface area contributed by atoms with Gasteiger partial charge in [0.1, 0.15) is 0 Å². The van der Waals surface area contributed by atoms with Crippen LogP contribution in [-0.4, -0.2) is 26.4 Å². The van der Waals surface area contributed by atoms with Crippen molar-refractivity contribution >= 4 is 38.2 Å². The number of sulfonamides is 1. The van der Waals surface area contributed by atoms with Crippen LogP contribution in [0.1, 0.15) is 16.8 Å². The summed E-state index contributed by atoms with van der Waals surface area (Å²) in [6.07, 6.45) is 1.99. The molecule has 0 radical (unpaired) electrons. The van der Waals surface area contributed by atoms with Crippen LogP contribution in [0.3, 0.4) is 0 Å². The number of H-pyrrole nitrogens is 1. The Labute approximate surface area is 173 Å². The van der Waals surface area contributed by atoms with Crippen LogP contribution in [-0.2, 0) is 21.2 Å². The van der Waals surface area contributed by atoms with Crippen LogP contribution in [0.25, 0.3) is 11.1 Å². The third-order valence-corrected chi connectivity index (χ3v) is 7.19. The minimum Gasteiger partial charge on any atom is -0.291 e. The lowest BCUT2D eigenvalue weighted by Crippen LogP contribution is -2.27. The fraction of sp³-hybridized carbons (Fsp3) is 0.211. The highest BCUT2D eigenvalue weighted by Gasteiger charge is 2.22. The standard InChI is InChI=1S/C19H21N5O3S2/c1-11-8-15(17(20)22-10-11)14-6-4-13(5-7-14)9-16(25)24(3)19-23-12(2)18(28-19)29(21,26)27/h4-8,10H,9H2,1-3H3,(H2,20,22)(H2,21,26,27)/p+1. The van der Waals surface area contributed by atoms with Gasteiger partial charge in [0.25, 0.3) is 5.82 Å². The maximum absolute atomic E-state index is 12.6. The number of likely N-dealkylation sites (N-methyl/N-ethyl adjacent to an activating group) is 1. The van der Waals surface area contributed by atoms with E-state index in [9.17, 15) is 13.2 Å². The molecule has 0 saturated heterocycles. The molecule has 0 aliphatic rings. The second kappa shape index (κ2) is 7.90. The lowest BCUT2D eigenvalue weighted by Gasteiger charge is -2.14. The van der Waals surface area contributed by atoms with Gasteiger partial charge in [-0.3, -0.25) is 15.4 Å². The van der Waals surface area contributed by atoms with Gasteiger partial charge in [0, 0.05) is 7.05 Å². The molecule has 1 aromatic carbocycles. The van der Waals surface area contributed by atoms with E-state index in [-0.39, 0.29) is 27.4 Å². The van der Waals surface area contributed by atoms with Crippen molar-refractivity contribution < 1.29 is 18.2 Å². The number of rotatable bonds is 5. The van der Waals surface area contributed by atoms with Crippen LogP contribution < -0.4 is 20.8 Å². The summed E-state index contributed by atoms with van der Waals surface area (Å²) in [7, 11) is -2.30. The Morgan fingerprint density at radius 1 is 1.24 bits per heavy atom. The summed E-state index contributed by atoms with van der Waals surface area (Å²) in [5.74, 6) is 0.361. The van der Waals surface area contributed by atoms with Gasteiger partial charge in [-0.2, -0.15) is 0 Å². The Morgan fingerprint density at radius 2 is 1.90 bits per heavy atom. The van der Waals surface area contributed by atoms with E-state index in [1.165, 1.54) is 4.90 Å². The fourth-order valence-corrected chi connectivity index (χ4v) is 4.76. The van der Waals surface area contributed by atoms with Crippen LogP contribution >= 0.6 is 11.3 Å². The molecule has 0 fully saturated rings. The lowest BCUT2D eigenvalue weighted by atomic mass is 10.0. The number of benzene rings is 1. The van der Waals surface area contributed by atoms with Gasteiger partial charge in [-0.1, -0.05) is 35.6 Å². The Bertz CT molecular complexity index is 1170. The first-order chi connectivity index (χ1) is 13.6. The molecule has 3 aromatic rings. The number of anilines is 2. The second-order valence-electron chi connectivity index (χ2n) is 6.75. The first-order valence-corrected chi connectivity index (χ1v) is 11.1. The largest absolute Gasteiger partial charge is 0.291 e. The summed E-state index contributed by atoms with van der Waals surface area (Å²) in [6.45, 7) is 3.52. The van der Waals surface area contributed by atoms with Crippen molar-refractivity contribution in [2.75, 3.05) is 17.7 Å². The molecule has 1 amide bonds. The molecule has 0 aliphatic carbocycles. The quantitative estimate of drug-likeness (QED) is 0.633. The average molecular weight is 433 g/mol. The smallest absolute Gasteiger partial charge is 0.278 e. The molecule has 0 saturated carbocycles. The Hall–Kier alpha value is -2.82. The van der Waals surface area contributed by atoms with Crippen molar-refractivity contribution in [1.29, 1.82) is 0 Å². The molecule has 0 bridgehead atoms. The van der Waals surface area contributed by atoms with Crippen LogP contribution in [0.2, 0.25) is 0 Å². The van der Waals surface area contributed by atoms with E-state index >= 15 is 0 Å². The Balaban J connectivity index is 1.76. The van der Waals surface area contributed by atoms with Crippen LogP contribution in [0.5, 0.6) is 0 Å². The van der Waals surface area contributed by atoms with Crippen molar-refractivity contribution in [3.63, 3.8) is 0 Å². The van der Waals surface area contributed by atoms with E-state index < -0.39 is 10.0 Å². The van der Waals surface area contributed by atoms with Crippen LogP contribution in [0.4, 0.5) is 10.9 Å². The molecule has 0 unspecified atom stereocenters. The fourth-order valence-electron chi connectivity index (χ4n) is 2.83. The number of pyridine rings is 1. The molecule has 10 heteroatoms. The van der Waals surface area contributed by atoms with E-state index in [2.05, 4.69) is 9.97 Å². The summed E-state index contributed by atoms with van der Waals surface area (Å²) in [5.41, 5.74) is 10.0. The molecule has 0 spiro atoms. The number of nitrogens with two attached hydrogens (primary N) is 2. The molecule has 2 heterocycles. The number of hydrogen-bond donors (Lipinski definition) is 2. The monoisotopic (exact) mass is 432 g/mol. The number of nitrogens with one attached hydrogen (secondary N) is 1. The van der Waals surface area contributed by atoms with E-state index in [1.807, 2.05) is 43.5 Å². The molecule has 8 nitrogen and oxygen atoms in total. The van der Waals surface area contributed by atoms with Gasteiger partial charge in [-0.25, -0.2) is 23.5 Å². The third kappa shape index (κ3) is 4.61. The number of aromatic amines is 1. The number of nitrogens with zero attached hydrogens (tertiary/aromatic N) is 2. The lowest BCUT2D eigenvalue weighted by molar-refractivity contribution is -0.360. The summed E-state index contributed by atoms with van der Waals surface area (Å²) in [5, 5.41) is 5.47. The number of aromatic nitrogens is 2. The average Bonchev–Trinajstić information content (AvgIpc) is 3.06. The number of carbonyl (C=O) groups excluding carboxylic acids is 1. The van der Waals surface area contributed by atoms with Crippen molar-refractivity contribution in [1.82, 2.24) is 4.98 Å². The number of carbonyl (C=O) groups is 1. The number of aryl methyl sites for hydroxylation is 2. The predicted octanol–water partition coefficient (Wildman–Crippen LogP) is 1.68. The predicted molar refractivity (Wildman–Crippen MR) is 113 cm³/mol. The van der Waals surface area contributed by atoms with Crippen LogP contribution in [0.15, 0.2) is 40.7 Å². The molecule has 5 N–H and O–H groups in total. The summed E-state index contributed by atoms with van der Waals surface area (Å²) < 4.78 is 23.1. The Kier molecular flexibility index (Phi) is 5.69. The van der Waals surface area contributed by atoms with Gasteiger partial charge in [0.05, 0.1) is 23.9 Å². The van der Waals surface area contributed by atoms with Crippen molar-refractivity contribution in [2.45, 2.75) is 24.5 Å². The maximum atomic E-state index is 12.6. The van der Waals surface area contributed by atoms with Gasteiger partial charge in [0.15, 0.2) is 9.34 Å². The molecular formula is C19H22N5O3S2+. The first kappa shape index (κ1) is 20.9. The van der Waals surface area contributed by atoms with E-state index in [0.29, 0.717) is 5.82 Å². The highest BCUT2D eigenvalue weighted by atomic mass is 32.2. The minimum absolute atomic E-state index is 0.0379. The molecule has 0 atom stereocenters. The van der Waals surface area contributed by atoms with Crippen molar-refractivity contribution in [3.8, 4) is 11.1 Å². The van der Waals surface area contributed by atoms with Gasteiger partial charge < -0.3 is 0 Å². The molecule has 152 valence electrons. The number of amides is 1. The van der Waals surface area contributed by atoms with Crippen LogP contribution in [0, 0.1) is 13.8 Å². The van der Waals surface area contributed by atoms with Gasteiger partial charge in [-0.15, -0.1) is 0 Å². The Morgan fingerprint density at radius 3 is 2.48 bits per heavy atom. The number of nitrogen functional groups attached to an aromatic ring is 1. The first-order valence-electron chi connectivity index (χ1n) is 8.70. The van der Waals surface area contributed by atoms with Crippen molar-refractivity contribution in [2.24, 2.45) is 5.14 Å². The molecule has 2 aromatic heterocycles. The summed E-state index contributed by atoms with van der Waals surface area (Å²) in [4.78, 5) is 21.1. The topological polar surface area (TPSA) is 134 Å². The molecule has 29 heavy (non-hydrogen) atoms. The van der Waals surface area contributed by atoms with E-state index in [0.717, 1.165) is 33.6 Å². The molecule has 0 aliphatic heterocycles. The number of hydrogen-bond acceptors (Lipinski definition) is 6. The van der Waals surface area contributed by atoms with Gasteiger partial charge in [-0.05, 0) is 36.6 Å². The van der Waals surface area contributed by atoms with Crippen molar-refractivity contribution in [3.05, 3.63) is 53.3 Å². The summed E-state index contributed by atoms with van der Waals surface area (Å²) >= 11 is 0.880. The van der Waals surface area contributed by atoms with Gasteiger partial charge >= 0.3 is 0 Å². The highest BCUT2D eigenvalue weighted by molar-refractivity contribution is 7.91. The van der Waals surface area contributed by atoms with E-state index in [1.54, 1.807) is 14.0 Å². The zero-order valence-electron chi connectivity index (χ0n) is 16.3. The number of primary sulfonamides is 1. The highest BCUT2D eigenvalue weighted by Crippen LogP contribution is 2.29.